The van der Waals surface area contributed by atoms with Gasteiger partial charge in [0, 0.05) is 5.92 Å². The Labute approximate surface area is 72.0 Å². The van der Waals surface area contributed by atoms with Gasteiger partial charge in [0.05, 0.1) is 6.61 Å². The van der Waals surface area contributed by atoms with E-state index in [0.29, 0.717) is 12.5 Å². The third kappa shape index (κ3) is 3.87. The summed E-state index contributed by atoms with van der Waals surface area (Å²) in [6, 6.07) is 0. The number of carbonyl (C=O) groups excluding carboxylic acids is 1. The predicted octanol–water partition coefficient (Wildman–Crippen LogP) is 1.57. The first-order valence-electron chi connectivity index (χ1n) is 4.11. The molecule has 0 aliphatic heterocycles. The highest BCUT2D eigenvalue weighted by Gasteiger charge is 2.17. The molecule has 0 heterocycles. The third-order valence-electron chi connectivity index (χ3n) is 1.41. The summed E-state index contributed by atoms with van der Waals surface area (Å²) >= 11 is 0. The molecule has 1 saturated carbocycles. The van der Waals surface area contributed by atoms with E-state index in [1.807, 2.05) is 0 Å². The van der Waals surface area contributed by atoms with Crippen molar-refractivity contribution in [3.05, 3.63) is 0 Å². The van der Waals surface area contributed by atoms with E-state index in [0.717, 1.165) is 0 Å². The standard InChI is InChI=1S/C9H12O3/c1-2-11-9(10)12-7-3-4-8-5-6-8/h8H,2,5-7H2,1H3. The number of rotatable bonds is 2. The summed E-state index contributed by atoms with van der Waals surface area (Å²) in [4.78, 5) is 10.6. The van der Waals surface area contributed by atoms with Crippen molar-refractivity contribution in [1.29, 1.82) is 0 Å². The van der Waals surface area contributed by atoms with Crippen LogP contribution in [0.4, 0.5) is 4.79 Å². The summed E-state index contributed by atoms with van der Waals surface area (Å²) in [5.41, 5.74) is 0. The minimum Gasteiger partial charge on any atom is -0.435 e. The molecule has 1 aliphatic carbocycles. The van der Waals surface area contributed by atoms with Crippen LogP contribution in [0.5, 0.6) is 0 Å². The number of carbonyl (C=O) groups is 1. The molecule has 66 valence electrons. The quantitative estimate of drug-likeness (QED) is 0.463. The summed E-state index contributed by atoms with van der Waals surface area (Å²) in [6.07, 6.45) is 1.74. The molecule has 0 radical (unpaired) electrons. The van der Waals surface area contributed by atoms with E-state index in [2.05, 4.69) is 21.3 Å². The van der Waals surface area contributed by atoms with Crippen molar-refractivity contribution >= 4 is 6.16 Å². The van der Waals surface area contributed by atoms with Crippen LogP contribution >= 0.6 is 0 Å². The highest BCUT2D eigenvalue weighted by Crippen LogP contribution is 2.27. The molecule has 3 heteroatoms. The highest BCUT2D eigenvalue weighted by atomic mass is 16.7. The van der Waals surface area contributed by atoms with E-state index in [9.17, 15) is 4.79 Å². The Kier molecular flexibility index (Phi) is 3.46. The molecule has 0 spiro atoms. The van der Waals surface area contributed by atoms with Crippen molar-refractivity contribution in [2.75, 3.05) is 13.2 Å². The fraction of sp³-hybridized carbons (Fsp3) is 0.667. The van der Waals surface area contributed by atoms with Gasteiger partial charge in [-0.3, -0.25) is 0 Å². The fourth-order valence-corrected chi connectivity index (χ4v) is 0.668. The summed E-state index contributed by atoms with van der Waals surface area (Å²) in [6.45, 7) is 2.22. The lowest BCUT2D eigenvalue weighted by Crippen LogP contribution is -2.06. The van der Waals surface area contributed by atoms with Crippen molar-refractivity contribution in [3.8, 4) is 11.8 Å². The molecule has 0 N–H and O–H groups in total. The molecule has 0 unspecified atom stereocenters. The van der Waals surface area contributed by atoms with Crippen LogP contribution in [0, 0.1) is 17.8 Å². The van der Waals surface area contributed by atoms with E-state index in [1.165, 1.54) is 12.8 Å². The summed E-state index contributed by atoms with van der Waals surface area (Å²) < 4.78 is 9.16. The summed E-state index contributed by atoms with van der Waals surface area (Å²) in [5, 5.41) is 0. The molecule has 1 rings (SSSR count). The van der Waals surface area contributed by atoms with Gasteiger partial charge in [0.1, 0.15) is 0 Å². The predicted molar refractivity (Wildman–Crippen MR) is 43.5 cm³/mol. The van der Waals surface area contributed by atoms with Gasteiger partial charge in [-0.1, -0.05) is 11.8 Å². The molecule has 0 aromatic rings. The first-order chi connectivity index (χ1) is 5.83. The maximum atomic E-state index is 10.6. The van der Waals surface area contributed by atoms with Gasteiger partial charge in [0.15, 0.2) is 6.61 Å². The normalized spacial score (nSPS) is 14.4. The second-order valence-corrected chi connectivity index (χ2v) is 2.57. The van der Waals surface area contributed by atoms with E-state index in [1.54, 1.807) is 6.92 Å². The first kappa shape index (κ1) is 8.92. The van der Waals surface area contributed by atoms with Crippen LogP contribution in [0.3, 0.4) is 0 Å². The average molecular weight is 168 g/mol. The van der Waals surface area contributed by atoms with E-state index in [-0.39, 0.29) is 6.61 Å². The van der Waals surface area contributed by atoms with Gasteiger partial charge in [-0.25, -0.2) is 4.79 Å². The lowest BCUT2D eigenvalue weighted by Gasteiger charge is -1.98. The monoisotopic (exact) mass is 168 g/mol. The molecule has 12 heavy (non-hydrogen) atoms. The SMILES string of the molecule is CCOC(=O)OCC#CC1CC1. The molecule has 0 aromatic heterocycles. The van der Waals surface area contributed by atoms with Crippen LogP contribution < -0.4 is 0 Å². The number of ether oxygens (including phenoxy) is 2. The molecule has 0 atom stereocenters. The van der Waals surface area contributed by atoms with Crippen molar-refractivity contribution in [1.82, 2.24) is 0 Å². The van der Waals surface area contributed by atoms with Gasteiger partial charge in [0.2, 0.25) is 0 Å². The fourth-order valence-electron chi connectivity index (χ4n) is 0.668. The third-order valence-corrected chi connectivity index (χ3v) is 1.41. The highest BCUT2D eigenvalue weighted by molar-refractivity contribution is 5.59. The zero-order chi connectivity index (χ0) is 8.81. The van der Waals surface area contributed by atoms with Gasteiger partial charge in [-0.2, -0.15) is 0 Å². The van der Waals surface area contributed by atoms with Gasteiger partial charge in [-0.05, 0) is 19.8 Å². The van der Waals surface area contributed by atoms with E-state index in [4.69, 9.17) is 0 Å². The van der Waals surface area contributed by atoms with Crippen LogP contribution in [0.1, 0.15) is 19.8 Å². The Morgan fingerprint density at radius 1 is 1.50 bits per heavy atom. The Morgan fingerprint density at radius 3 is 2.83 bits per heavy atom. The Hall–Kier alpha value is -1.17. The molecule has 0 saturated heterocycles. The van der Waals surface area contributed by atoms with Gasteiger partial charge < -0.3 is 9.47 Å². The Balaban J connectivity index is 2.01. The minimum atomic E-state index is -0.636. The first-order valence-corrected chi connectivity index (χ1v) is 4.11. The van der Waals surface area contributed by atoms with Crippen LogP contribution in [-0.2, 0) is 9.47 Å². The topological polar surface area (TPSA) is 35.5 Å². The zero-order valence-corrected chi connectivity index (χ0v) is 7.13. The maximum Gasteiger partial charge on any atom is 0.509 e. The minimum absolute atomic E-state index is 0.148. The van der Waals surface area contributed by atoms with Crippen molar-refractivity contribution in [2.24, 2.45) is 5.92 Å². The second kappa shape index (κ2) is 4.66. The van der Waals surface area contributed by atoms with Crippen LogP contribution in [-0.4, -0.2) is 19.4 Å². The molecule has 0 aromatic carbocycles. The van der Waals surface area contributed by atoms with Gasteiger partial charge in [-0.15, -0.1) is 0 Å². The number of hydrogen-bond donors (Lipinski definition) is 0. The smallest absolute Gasteiger partial charge is 0.435 e. The van der Waals surface area contributed by atoms with Crippen LogP contribution in [0.15, 0.2) is 0 Å². The number of hydrogen-bond acceptors (Lipinski definition) is 3. The second-order valence-electron chi connectivity index (χ2n) is 2.57. The van der Waals surface area contributed by atoms with Crippen molar-refractivity contribution in [3.63, 3.8) is 0 Å². The summed E-state index contributed by atoms with van der Waals surface area (Å²) in [7, 11) is 0. The van der Waals surface area contributed by atoms with Crippen LogP contribution in [0.2, 0.25) is 0 Å². The molecule has 0 amide bonds. The molecule has 0 bridgehead atoms. The molecular weight excluding hydrogens is 156 g/mol. The average Bonchev–Trinajstić information content (AvgIpc) is 2.82. The lowest BCUT2D eigenvalue weighted by atomic mass is 10.4. The van der Waals surface area contributed by atoms with Crippen molar-refractivity contribution in [2.45, 2.75) is 19.8 Å². The zero-order valence-electron chi connectivity index (χ0n) is 7.13. The van der Waals surface area contributed by atoms with Gasteiger partial charge >= 0.3 is 6.16 Å². The lowest BCUT2D eigenvalue weighted by molar-refractivity contribution is 0.0686. The largest absolute Gasteiger partial charge is 0.509 e. The maximum absolute atomic E-state index is 10.6. The van der Waals surface area contributed by atoms with Gasteiger partial charge in [0.25, 0.3) is 0 Å². The Morgan fingerprint density at radius 2 is 2.25 bits per heavy atom. The van der Waals surface area contributed by atoms with E-state index >= 15 is 0 Å². The summed E-state index contributed by atoms with van der Waals surface area (Å²) in [5.74, 6) is 6.29. The van der Waals surface area contributed by atoms with Crippen molar-refractivity contribution < 1.29 is 14.3 Å². The molecular formula is C9H12O3. The molecule has 3 nitrogen and oxygen atoms in total. The van der Waals surface area contributed by atoms with E-state index < -0.39 is 6.16 Å². The Bertz CT molecular complexity index is 208. The molecule has 1 fully saturated rings. The molecule has 1 aliphatic rings. The van der Waals surface area contributed by atoms with Crippen LogP contribution in [0.25, 0.3) is 0 Å².